The standard InChI is InChI=1S/C14H20ClNOS/c1-4-11(10-18-3)16(2)9-14(17)12-7-5-6-8-13(12)15/h5-8,11H,4,9-10H2,1-3H3. The number of ketones is 1. The molecular weight excluding hydrogens is 266 g/mol. The van der Waals surface area contributed by atoms with Crippen molar-refractivity contribution in [3.05, 3.63) is 34.9 Å². The third-order valence-electron chi connectivity index (χ3n) is 3.02. The molecule has 1 atom stereocenters. The van der Waals surface area contributed by atoms with E-state index in [1.165, 1.54) is 0 Å². The van der Waals surface area contributed by atoms with Gasteiger partial charge in [-0.3, -0.25) is 9.69 Å². The van der Waals surface area contributed by atoms with Gasteiger partial charge in [0.1, 0.15) is 0 Å². The lowest BCUT2D eigenvalue weighted by Gasteiger charge is -2.25. The van der Waals surface area contributed by atoms with Crippen LogP contribution in [0.4, 0.5) is 0 Å². The Morgan fingerprint density at radius 2 is 2.11 bits per heavy atom. The number of rotatable bonds is 7. The molecule has 0 aliphatic heterocycles. The van der Waals surface area contributed by atoms with Crippen molar-refractivity contribution in [3.63, 3.8) is 0 Å². The Balaban J connectivity index is 2.67. The SMILES string of the molecule is CCC(CSC)N(C)CC(=O)c1ccccc1Cl. The van der Waals surface area contributed by atoms with E-state index in [1.807, 2.05) is 30.9 Å². The highest BCUT2D eigenvalue weighted by molar-refractivity contribution is 7.98. The van der Waals surface area contributed by atoms with Crippen LogP contribution in [0.15, 0.2) is 24.3 Å². The monoisotopic (exact) mass is 285 g/mol. The third kappa shape index (κ3) is 4.30. The number of Topliss-reactive ketones (excluding diaryl/α,β-unsaturated/α-hetero) is 1. The van der Waals surface area contributed by atoms with Crippen LogP contribution in [0.1, 0.15) is 23.7 Å². The van der Waals surface area contributed by atoms with Crippen molar-refractivity contribution in [2.75, 3.05) is 25.6 Å². The number of likely N-dealkylation sites (N-methyl/N-ethyl adjacent to an activating group) is 1. The molecule has 0 aliphatic rings. The molecule has 0 bridgehead atoms. The average Bonchev–Trinajstić information content (AvgIpc) is 2.36. The number of hydrogen-bond acceptors (Lipinski definition) is 3. The molecule has 18 heavy (non-hydrogen) atoms. The highest BCUT2D eigenvalue weighted by atomic mass is 35.5. The Kier molecular flexibility index (Phi) is 6.76. The fraction of sp³-hybridized carbons (Fsp3) is 0.500. The molecule has 100 valence electrons. The predicted molar refractivity (Wildman–Crippen MR) is 80.9 cm³/mol. The quantitative estimate of drug-likeness (QED) is 0.714. The van der Waals surface area contributed by atoms with Crippen molar-refractivity contribution >= 4 is 29.1 Å². The number of nitrogens with zero attached hydrogens (tertiary/aromatic N) is 1. The molecule has 0 fully saturated rings. The van der Waals surface area contributed by atoms with E-state index in [1.54, 1.807) is 12.1 Å². The van der Waals surface area contributed by atoms with E-state index in [-0.39, 0.29) is 5.78 Å². The van der Waals surface area contributed by atoms with E-state index in [2.05, 4.69) is 18.1 Å². The summed E-state index contributed by atoms with van der Waals surface area (Å²) in [4.78, 5) is 14.3. The Morgan fingerprint density at radius 1 is 1.44 bits per heavy atom. The van der Waals surface area contributed by atoms with Gasteiger partial charge in [-0.05, 0) is 31.9 Å². The van der Waals surface area contributed by atoms with Crippen LogP contribution in [0.25, 0.3) is 0 Å². The number of hydrogen-bond donors (Lipinski definition) is 0. The molecule has 0 saturated heterocycles. The number of halogens is 1. The van der Waals surface area contributed by atoms with Crippen molar-refractivity contribution < 1.29 is 4.79 Å². The van der Waals surface area contributed by atoms with Crippen LogP contribution < -0.4 is 0 Å². The van der Waals surface area contributed by atoms with Crippen LogP contribution in [-0.4, -0.2) is 42.3 Å². The topological polar surface area (TPSA) is 20.3 Å². The molecule has 0 amide bonds. The molecule has 0 radical (unpaired) electrons. The highest BCUT2D eigenvalue weighted by Crippen LogP contribution is 2.17. The van der Waals surface area contributed by atoms with Crippen molar-refractivity contribution in [2.24, 2.45) is 0 Å². The Bertz CT molecular complexity index is 397. The minimum absolute atomic E-state index is 0.0858. The molecule has 2 nitrogen and oxygen atoms in total. The van der Waals surface area contributed by atoms with Gasteiger partial charge in [0.05, 0.1) is 11.6 Å². The summed E-state index contributed by atoms with van der Waals surface area (Å²) in [5.74, 6) is 1.13. The first-order valence-electron chi connectivity index (χ1n) is 6.07. The molecule has 0 heterocycles. The number of carbonyl (C=O) groups is 1. The molecule has 1 unspecified atom stereocenters. The molecule has 0 spiro atoms. The van der Waals surface area contributed by atoms with E-state index < -0.39 is 0 Å². The van der Waals surface area contributed by atoms with Gasteiger partial charge >= 0.3 is 0 Å². The summed E-state index contributed by atoms with van der Waals surface area (Å²) in [6.07, 6.45) is 3.14. The fourth-order valence-electron chi connectivity index (χ4n) is 1.88. The molecule has 0 aromatic heterocycles. The Hall–Kier alpha value is -0.510. The smallest absolute Gasteiger partial charge is 0.178 e. The first-order chi connectivity index (χ1) is 8.60. The third-order valence-corrected chi connectivity index (χ3v) is 4.07. The van der Waals surface area contributed by atoms with Crippen LogP contribution in [0, 0.1) is 0 Å². The predicted octanol–water partition coefficient (Wildman–Crippen LogP) is 3.60. The second-order valence-electron chi connectivity index (χ2n) is 4.34. The lowest BCUT2D eigenvalue weighted by atomic mass is 10.1. The van der Waals surface area contributed by atoms with Crippen LogP contribution in [0.2, 0.25) is 5.02 Å². The van der Waals surface area contributed by atoms with Crippen molar-refractivity contribution in [1.82, 2.24) is 4.90 Å². The largest absolute Gasteiger partial charge is 0.295 e. The molecule has 0 N–H and O–H groups in total. The minimum atomic E-state index is 0.0858. The molecule has 0 saturated carbocycles. The van der Waals surface area contributed by atoms with E-state index in [4.69, 9.17) is 11.6 Å². The molecule has 0 aliphatic carbocycles. The van der Waals surface area contributed by atoms with Crippen LogP contribution in [0.3, 0.4) is 0 Å². The number of benzene rings is 1. The first kappa shape index (κ1) is 15.5. The van der Waals surface area contributed by atoms with E-state index in [9.17, 15) is 4.79 Å². The zero-order valence-corrected chi connectivity index (χ0v) is 12.7. The van der Waals surface area contributed by atoms with E-state index in [0.717, 1.165) is 12.2 Å². The summed E-state index contributed by atoms with van der Waals surface area (Å²) in [6, 6.07) is 7.66. The summed E-state index contributed by atoms with van der Waals surface area (Å²) >= 11 is 7.84. The van der Waals surface area contributed by atoms with E-state index in [0.29, 0.717) is 23.2 Å². The summed E-state index contributed by atoms with van der Waals surface area (Å²) in [6.45, 7) is 2.57. The van der Waals surface area contributed by atoms with Gasteiger partial charge < -0.3 is 0 Å². The zero-order chi connectivity index (χ0) is 13.5. The lowest BCUT2D eigenvalue weighted by Crippen LogP contribution is -2.37. The second kappa shape index (κ2) is 7.82. The second-order valence-corrected chi connectivity index (χ2v) is 5.65. The average molecular weight is 286 g/mol. The Labute approximate surface area is 119 Å². The highest BCUT2D eigenvalue weighted by Gasteiger charge is 2.17. The van der Waals surface area contributed by atoms with E-state index >= 15 is 0 Å². The zero-order valence-electron chi connectivity index (χ0n) is 11.1. The van der Waals surface area contributed by atoms with Crippen molar-refractivity contribution in [1.29, 1.82) is 0 Å². The summed E-state index contributed by atoms with van der Waals surface area (Å²) < 4.78 is 0. The normalized spacial score (nSPS) is 12.7. The van der Waals surface area contributed by atoms with Crippen molar-refractivity contribution in [3.8, 4) is 0 Å². The lowest BCUT2D eigenvalue weighted by molar-refractivity contribution is 0.0925. The Morgan fingerprint density at radius 3 is 2.67 bits per heavy atom. The summed E-state index contributed by atoms with van der Waals surface area (Å²) in [5, 5.41) is 0.536. The molecular formula is C14H20ClNOS. The van der Waals surface area contributed by atoms with Crippen LogP contribution >= 0.6 is 23.4 Å². The van der Waals surface area contributed by atoms with Crippen LogP contribution in [-0.2, 0) is 0 Å². The molecule has 1 rings (SSSR count). The fourth-order valence-corrected chi connectivity index (χ4v) is 2.99. The van der Waals surface area contributed by atoms with Gasteiger partial charge in [0, 0.05) is 17.4 Å². The maximum Gasteiger partial charge on any atom is 0.178 e. The van der Waals surface area contributed by atoms with Gasteiger partial charge in [-0.1, -0.05) is 30.7 Å². The van der Waals surface area contributed by atoms with Gasteiger partial charge in [0.25, 0.3) is 0 Å². The van der Waals surface area contributed by atoms with Gasteiger partial charge in [0.2, 0.25) is 0 Å². The van der Waals surface area contributed by atoms with Crippen molar-refractivity contribution in [2.45, 2.75) is 19.4 Å². The molecule has 1 aromatic rings. The number of carbonyl (C=O) groups excluding carboxylic acids is 1. The summed E-state index contributed by atoms with van der Waals surface area (Å²) in [7, 11) is 2.00. The van der Waals surface area contributed by atoms with Gasteiger partial charge in [-0.15, -0.1) is 0 Å². The summed E-state index contributed by atoms with van der Waals surface area (Å²) in [5.41, 5.74) is 0.616. The number of thioether (sulfide) groups is 1. The van der Waals surface area contributed by atoms with Gasteiger partial charge in [0.15, 0.2) is 5.78 Å². The maximum atomic E-state index is 12.2. The first-order valence-corrected chi connectivity index (χ1v) is 7.84. The minimum Gasteiger partial charge on any atom is -0.295 e. The molecule has 1 aromatic carbocycles. The van der Waals surface area contributed by atoms with Crippen LogP contribution in [0.5, 0.6) is 0 Å². The van der Waals surface area contributed by atoms with Gasteiger partial charge in [-0.25, -0.2) is 0 Å². The molecule has 4 heteroatoms. The maximum absolute atomic E-state index is 12.2. The van der Waals surface area contributed by atoms with Gasteiger partial charge in [-0.2, -0.15) is 11.8 Å².